The fraction of sp³-hybridized carbons (Fsp3) is 0.368. The van der Waals surface area contributed by atoms with E-state index in [-0.39, 0.29) is 11.7 Å². The van der Waals surface area contributed by atoms with Gasteiger partial charge in [0.05, 0.1) is 10.8 Å². The van der Waals surface area contributed by atoms with Crippen molar-refractivity contribution in [2.45, 2.75) is 13.3 Å². The standard InChI is InChI=1S/C19H23ClN4O3S/c1-2-13-28(26,27)22-16-6-3-5-15(14-16)19(25)24-11-9-23(10-12-24)18-17(20)7-4-8-21-18/h3-8,14,22H,2,9-13H2,1H3. The van der Waals surface area contributed by atoms with Gasteiger partial charge in [-0.05, 0) is 36.8 Å². The van der Waals surface area contributed by atoms with E-state index in [4.69, 9.17) is 11.6 Å². The number of nitrogens with zero attached hydrogens (tertiary/aromatic N) is 3. The number of aromatic nitrogens is 1. The number of rotatable bonds is 6. The lowest BCUT2D eigenvalue weighted by atomic mass is 10.1. The van der Waals surface area contributed by atoms with Gasteiger partial charge in [0.2, 0.25) is 10.0 Å². The summed E-state index contributed by atoms with van der Waals surface area (Å²) in [4.78, 5) is 21.0. The summed E-state index contributed by atoms with van der Waals surface area (Å²) in [5, 5.41) is 0.592. The molecule has 3 rings (SSSR count). The van der Waals surface area contributed by atoms with Crippen LogP contribution >= 0.6 is 11.6 Å². The third kappa shape index (κ3) is 4.94. The van der Waals surface area contributed by atoms with Crippen LogP contribution in [0.5, 0.6) is 0 Å². The molecule has 1 aliphatic heterocycles. The molecule has 0 radical (unpaired) electrons. The van der Waals surface area contributed by atoms with Gasteiger partial charge in [0.1, 0.15) is 5.82 Å². The van der Waals surface area contributed by atoms with Crippen molar-refractivity contribution in [3.8, 4) is 0 Å². The van der Waals surface area contributed by atoms with E-state index in [0.29, 0.717) is 48.9 Å². The first kappa shape index (κ1) is 20.4. The zero-order valence-corrected chi connectivity index (χ0v) is 17.2. The van der Waals surface area contributed by atoms with E-state index in [2.05, 4.69) is 14.6 Å². The van der Waals surface area contributed by atoms with E-state index >= 15 is 0 Å². The van der Waals surface area contributed by atoms with Crippen molar-refractivity contribution in [3.05, 3.63) is 53.2 Å². The molecule has 0 aliphatic carbocycles. The number of pyridine rings is 1. The van der Waals surface area contributed by atoms with Gasteiger partial charge < -0.3 is 9.80 Å². The minimum absolute atomic E-state index is 0.0449. The molecule has 1 fully saturated rings. The second kappa shape index (κ2) is 8.79. The second-order valence-corrected chi connectivity index (χ2v) is 8.84. The number of piperazine rings is 1. The SMILES string of the molecule is CCCS(=O)(=O)Nc1cccc(C(=O)N2CCN(c3ncccc3Cl)CC2)c1. The van der Waals surface area contributed by atoms with E-state index in [1.807, 2.05) is 0 Å². The maximum Gasteiger partial charge on any atom is 0.254 e. The zero-order chi connectivity index (χ0) is 20.1. The monoisotopic (exact) mass is 422 g/mol. The van der Waals surface area contributed by atoms with Crippen LogP contribution < -0.4 is 9.62 Å². The Morgan fingerprint density at radius 1 is 1.18 bits per heavy atom. The number of sulfonamides is 1. The lowest BCUT2D eigenvalue weighted by Gasteiger charge is -2.35. The van der Waals surface area contributed by atoms with Crippen LogP contribution in [-0.2, 0) is 10.0 Å². The normalized spacial score (nSPS) is 14.8. The van der Waals surface area contributed by atoms with Crippen LogP contribution in [0.4, 0.5) is 11.5 Å². The molecule has 0 unspecified atom stereocenters. The molecule has 7 nitrogen and oxygen atoms in total. The quantitative estimate of drug-likeness (QED) is 0.773. The number of nitrogens with one attached hydrogen (secondary N) is 1. The number of halogens is 1. The summed E-state index contributed by atoms with van der Waals surface area (Å²) in [6, 6.07) is 10.2. The van der Waals surface area contributed by atoms with Crippen molar-refractivity contribution in [1.82, 2.24) is 9.88 Å². The highest BCUT2D eigenvalue weighted by Gasteiger charge is 2.24. The topological polar surface area (TPSA) is 82.6 Å². The molecule has 1 amide bonds. The summed E-state index contributed by atoms with van der Waals surface area (Å²) < 4.78 is 26.4. The van der Waals surface area contributed by atoms with Gasteiger partial charge in [0.25, 0.3) is 5.91 Å². The van der Waals surface area contributed by atoms with Gasteiger partial charge in [0, 0.05) is 43.6 Å². The van der Waals surface area contributed by atoms with Crippen LogP contribution in [0.15, 0.2) is 42.6 Å². The summed E-state index contributed by atoms with van der Waals surface area (Å²) >= 11 is 6.20. The number of hydrogen-bond donors (Lipinski definition) is 1. The van der Waals surface area contributed by atoms with Crippen molar-refractivity contribution in [3.63, 3.8) is 0 Å². The number of anilines is 2. The summed E-state index contributed by atoms with van der Waals surface area (Å²) in [7, 11) is -3.40. The molecule has 1 saturated heterocycles. The lowest BCUT2D eigenvalue weighted by Crippen LogP contribution is -2.49. The molecule has 1 aromatic carbocycles. The van der Waals surface area contributed by atoms with E-state index in [9.17, 15) is 13.2 Å². The first-order chi connectivity index (χ1) is 13.4. The summed E-state index contributed by atoms with van der Waals surface area (Å²) in [6.45, 7) is 4.14. The third-order valence-electron chi connectivity index (χ3n) is 4.46. The molecule has 2 heterocycles. The number of amides is 1. The van der Waals surface area contributed by atoms with E-state index in [0.717, 1.165) is 5.82 Å². The van der Waals surface area contributed by atoms with Crippen molar-refractivity contribution in [1.29, 1.82) is 0 Å². The van der Waals surface area contributed by atoms with Crippen molar-refractivity contribution in [2.75, 3.05) is 41.6 Å². The Bertz CT molecular complexity index is 944. The Hall–Kier alpha value is -2.32. The number of carbonyl (C=O) groups excluding carboxylic acids is 1. The predicted octanol–water partition coefficient (Wildman–Crippen LogP) is 2.85. The smallest absolute Gasteiger partial charge is 0.254 e. The molecule has 1 aromatic heterocycles. The van der Waals surface area contributed by atoms with Crippen molar-refractivity contribution < 1.29 is 13.2 Å². The molecule has 9 heteroatoms. The van der Waals surface area contributed by atoms with Gasteiger partial charge >= 0.3 is 0 Å². The predicted molar refractivity (Wildman–Crippen MR) is 112 cm³/mol. The summed E-state index contributed by atoms with van der Waals surface area (Å²) in [6.07, 6.45) is 2.22. The fourth-order valence-corrected chi connectivity index (χ4v) is 4.50. The van der Waals surface area contributed by atoms with Gasteiger partial charge in [-0.25, -0.2) is 13.4 Å². The van der Waals surface area contributed by atoms with Crippen LogP contribution in [0.2, 0.25) is 5.02 Å². The van der Waals surface area contributed by atoms with Gasteiger partial charge in [-0.3, -0.25) is 9.52 Å². The molecule has 150 valence electrons. The summed E-state index contributed by atoms with van der Waals surface area (Å²) in [5.41, 5.74) is 0.860. The van der Waals surface area contributed by atoms with Gasteiger partial charge in [-0.1, -0.05) is 24.6 Å². The Kier molecular flexibility index (Phi) is 6.41. The van der Waals surface area contributed by atoms with Crippen LogP contribution in [0.1, 0.15) is 23.7 Å². The molecule has 0 atom stereocenters. The first-order valence-electron chi connectivity index (χ1n) is 9.15. The Morgan fingerprint density at radius 2 is 1.93 bits per heavy atom. The molecule has 0 bridgehead atoms. The molecule has 0 spiro atoms. The Labute approximate surface area is 170 Å². The van der Waals surface area contributed by atoms with E-state index in [1.54, 1.807) is 54.4 Å². The van der Waals surface area contributed by atoms with Crippen LogP contribution in [0.25, 0.3) is 0 Å². The lowest BCUT2D eigenvalue weighted by molar-refractivity contribution is 0.0746. The molecule has 28 heavy (non-hydrogen) atoms. The highest BCUT2D eigenvalue weighted by molar-refractivity contribution is 7.92. The van der Waals surface area contributed by atoms with Crippen LogP contribution in [0.3, 0.4) is 0 Å². The third-order valence-corrected chi connectivity index (χ3v) is 6.25. The van der Waals surface area contributed by atoms with E-state index < -0.39 is 10.0 Å². The maximum atomic E-state index is 12.8. The van der Waals surface area contributed by atoms with Crippen molar-refractivity contribution >= 4 is 39.0 Å². The highest BCUT2D eigenvalue weighted by Crippen LogP contribution is 2.24. The Morgan fingerprint density at radius 3 is 2.61 bits per heavy atom. The maximum absolute atomic E-state index is 12.8. The van der Waals surface area contributed by atoms with Gasteiger partial charge in [-0.2, -0.15) is 0 Å². The van der Waals surface area contributed by atoms with Crippen LogP contribution in [-0.4, -0.2) is 56.1 Å². The molecular formula is C19H23ClN4O3S. The second-order valence-electron chi connectivity index (χ2n) is 6.59. The largest absolute Gasteiger partial charge is 0.352 e. The first-order valence-corrected chi connectivity index (χ1v) is 11.2. The molecule has 0 saturated carbocycles. The molecule has 2 aromatic rings. The minimum Gasteiger partial charge on any atom is -0.352 e. The highest BCUT2D eigenvalue weighted by atomic mass is 35.5. The van der Waals surface area contributed by atoms with Crippen LogP contribution in [0, 0.1) is 0 Å². The molecule has 1 N–H and O–H groups in total. The molecule has 1 aliphatic rings. The molecular weight excluding hydrogens is 400 g/mol. The number of benzene rings is 1. The Balaban J connectivity index is 1.65. The average Bonchev–Trinajstić information content (AvgIpc) is 2.68. The number of carbonyl (C=O) groups is 1. The fourth-order valence-electron chi connectivity index (χ4n) is 3.13. The van der Waals surface area contributed by atoms with Gasteiger partial charge in [-0.15, -0.1) is 0 Å². The minimum atomic E-state index is -3.40. The van der Waals surface area contributed by atoms with E-state index in [1.165, 1.54) is 0 Å². The summed E-state index contributed by atoms with van der Waals surface area (Å²) in [5.74, 6) is 0.648. The zero-order valence-electron chi connectivity index (χ0n) is 15.6. The van der Waals surface area contributed by atoms with Gasteiger partial charge in [0.15, 0.2) is 0 Å². The van der Waals surface area contributed by atoms with Crippen molar-refractivity contribution in [2.24, 2.45) is 0 Å². The number of hydrogen-bond acceptors (Lipinski definition) is 5. The average molecular weight is 423 g/mol.